The van der Waals surface area contributed by atoms with E-state index in [1.54, 1.807) is 30.7 Å². The summed E-state index contributed by atoms with van der Waals surface area (Å²) in [6.45, 7) is 3.73. The van der Waals surface area contributed by atoms with E-state index < -0.39 is 0 Å². The number of aromatic nitrogens is 5. The first-order chi connectivity index (χ1) is 17.1. The van der Waals surface area contributed by atoms with Crippen molar-refractivity contribution in [3.8, 4) is 11.3 Å². The van der Waals surface area contributed by atoms with Gasteiger partial charge in [0.25, 0.3) is 5.91 Å². The highest BCUT2D eigenvalue weighted by Gasteiger charge is 2.17. The van der Waals surface area contributed by atoms with Crippen molar-refractivity contribution in [1.82, 2.24) is 29.8 Å². The molecule has 1 aliphatic rings. The summed E-state index contributed by atoms with van der Waals surface area (Å²) < 4.78 is 0. The second-order valence-corrected chi connectivity index (χ2v) is 8.75. The monoisotopic (exact) mass is 464 g/mol. The largest absolute Gasteiger partial charge is 0.354 e. The van der Waals surface area contributed by atoms with Gasteiger partial charge >= 0.3 is 0 Å². The molecule has 0 unspecified atom stereocenters. The number of H-pyrrole nitrogens is 1. The molecule has 0 aliphatic carbocycles. The van der Waals surface area contributed by atoms with Crippen LogP contribution < -0.4 is 10.2 Å². The van der Waals surface area contributed by atoms with Gasteiger partial charge in [0.15, 0.2) is 0 Å². The van der Waals surface area contributed by atoms with Crippen LogP contribution >= 0.6 is 0 Å². The SMILES string of the molecule is CN1CCN(c2cc(C(=O)Nc3cc4nc(-c5cnc6[nH]ccc6c5)ccc4cn3)ccn2)CC1. The maximum Gasteiger partial charge on any atom is 0.257 e. The van der Waals surface area contributed by atoms with Gasteiger partial charge in [-0.25, -0.2) is 19.9 Å². The third kappa shape index (κ3) is 4.29. The van der Waals surface area contributed by atoms with Crippen LogP contribution in [0.4, 0.5) is 11.6 Å². The number of piperazine rings is 1. The third-order valence-corrected chi connectivity index (χ3v) is 6.35. The minimum absolute atomic E-state index is 0.229. The third-order valence-electron chi connectivity index (χ3n) is 6.35. The Morgan fingerprint density at radius 3 is 2.71 bits per heavy atom. The molecule has 0 radical (unpaired) electrons. The van der Waals surface area contributed by atoms with Crippen molar-refractivity contribution in [2.24, 2.45) is 0 Å². The number of pyridine rings is 4. The molecule has 1 saturated heterocycles. The summed E-state index contributed by atoms with van der Waals surface area (Å²) in [6.07, 6.45) is 7.07. The summed E-state index contributed by atoms with van der Waals surface area (Å²) in [5.74, 6) is 1.04. The van der Waals surface area contributed by atoms with Crippen LogP contribution in [0, 0.1) is 0 Å². The lowest BCUT2D eigenvalue weighted by Gasteiger charge is -2.33. The van der Waals surface area contributed by atoms with Crippen LogP contribution in [0.5, 0.6) is 0 Å². The summed E-state index contributed by atoms with van der Waals surface area (Å²) in [7, 11) is 2.11. The van der Waals surface area contributed by atoms with Crippen molar-refractivity contribution in [3.63, 3.8) is 0 Å². The molecule has 0 bridgehead atoms. The normalized spacial score (nSPS) is 14.5. The average Bonchev–Trinajstić information content (AvgIpc) is 3.37. The van der Waals surface area contributed by atoms with Gasteiger partial charge in [-0.3, -0.25) is 4.79 Å². The van der Waals surface area contributed by atoms with Gasteiger partial charge in [0, 0.05) is 78.9 Å². The maximum atomic E-state index is 13.0. The number of nitrogens with zero attached hydrogens (tertiary/aromatic N) is 6. The van der Waals surface area contributed by atoms with Crippen LogP contribution in [-0.4, -0.2) is 69.0 Å². The summed E-state index contributed by atoms with van der Waals surface area (Å²) in [6, 6.07) is 13.3. The number of hydrogen-bond acceptors (Lipinski definition) is 7. The van der Waals surface area contributed by atoms with E-state index in [-0.39, 0.29) is 5.91 Å². The highest BCUT2D eigenvalue weighted by molar-refractivity contribution is 6.04. The van der Waals surface area contributed by atoms with Crippen molar-refractivity contribution in [3.05, 3.63) is 72.8 Å². The van der Waals surface area contributed by atoms with Crippen LogP contribution in [0.2, 0.25) is 0 Å². The molecule has 5 aromatic heterocycles. The molecule has 0 spiro atoms. The van der Waals surface area contributed by atoms with Crippen molar-refractivity contribution in [2.75, 3.05) is 43.4 Å². The minimum Gasteiger partial charge on any atom is -0.354 e. The Kier molecular flexibility index (Phi) is 5.31. The molecule has 0 saturated carbocycles. The highest BCUT2D eigenvalue weighted by atomic mass is 16.1. The molecule has 0 atom stereocenters. The van der Waals surface area contributed by atoms with Crippen LogP contribution in [0.1, 0.15) is 10.4 Å². The van der Waals surface area contributed by atoms with Gasteiger partial charge in [0.05, 0.1) is 11.2 Å². The second kappa shape index (κ2) is 8.77. The average molecular weight is 465 g/mol. The number of aromatic amines is 1. The van der Waals surface area contributed by atoms with Gasteiger partial charge in [-0.1, -0.05) is 0 Å². The van der Waals surface area contributed by atoms with E-state index in [0.717, 1.165) is 65.2 Å². The summed E-state index contributed by atoms with van der Waals surface area (Å²) in [4.78, 5) is 38.7. The zero-order chi connectivity index (χ0) is 23.8. The van der Waals surface area contributed by atoms with Crippen LogP contribution in [0.3, 0.4) is 0 Å². The number of rotatable bonds is 4. The molecule has 1 fully saturated rings. The Bertz CT molecular complexity index is 1540. The molecule has 0 aromatic carbocycles. The number of amides is 1. The summed E-state index contributed by atoms with van der Waals surface area (Å²) >= 11 is 0. The topological polar surface area (TPSA) is 103 Å². The Balaban J connectivity index is 1.24. The quantitative estimate of drug-likeness (QED) is 0.419. The fourth-order valence-corrected chi connectivity index (χ4v) is 4.28. The minimum atomic E-state index is -0.229. The molecule has 1 aliphatic heterocycles. The molecule has 6 heterocycles. The molecule has 2 N–H and O–H groups in total. The van der Waals surface area contributed by atoms with E-state index in [1.807, 2.05) is 30.5 Å². The van der Waals surface area contributed by atoms with Gasteiger partial charge < -0.3 is 20.1 Å². The highest BCUT2D eigenvalue weighted by Crippen LogP contribution is 2.24. The van der Waals surface area contributed by atoms with Crippen molar-refractivity contribution in [1.29, 1.82) is 0 Å². The number of anilines is 2. The first-order valence-corrected chi connectivity index (χ1v) is 11.5. The van der Waals surface area contributed by atoms with Gasteiger partial charge in [-0.05, 0) is 43.4 Å². The zero-order valence-corrected chi connectivity index (χ0v) is 19.3. The zero-order valence-electron chi connectivity index (χ0n) is 19.3. The fraction of sp³-hybridized carbons (Fsp3) is 0.192. The van der Waals surface area contributed by atoms with E-state index in [4.69, 9.17) is 4.98 Å². The van der Waals surface area contributed by atoms with Crippen molar-refractivity contribution < 1.29 is 4.79 Å². The molecule has 9 heteroatoms. The lowest BCUT2D eigenvalue weighted by Crippen LogP contribution is -2.44. The van der Waals surface area contributed by atoms with Gasteiger partial charge in [-0.15, -0.1) is 0 Å². The Labute approximate surface area is 201 Å². The van der Waals surface area contributed by atoms with E-state index in [2.05, 4.69) is 48.2 Å². The molecule has 6 rings (SSSR count). The smallest absolute Gasteiger partial charge is 0.257 e. The van der Waals surface area contributed by atoms with E-state index in [9.17, 15) is 4.79 Å². The number of fused-ring (bicyclic) bond motifs is 2. The van der Waals surface area contributed by atoms with Crippen LogP contribution in [0.25, 0.3) is 33.2 Å². The summed E-state index contributed by atoms with van der Waals surface area (Å²) in [5.41, 5.74) is 3.87. The molecular formula is C26H24N8O. The van der Waals surface area contributed by atoms with E-state index in [1.165, 1.54) is 0 Å². The first kappa shape index (κ1) is 21.2. The molecule has 35 heavy (non-hydrogen) atoms. The van der Waals surface area contributed by atoms with Crippen LogP contribution in [-0.2, 0) is 0 Å². The van der Waals surface area contributed by atoms with Crippen molar-refractivity contribution in [2.45, 2.75) is 0 Å². The Hall–Kier alpha value is -4.37. The Morgan fingerprint density at radius 2 is 1.83 bits per heavy atom. The lowest BCUT2D eigenvalue weighted by atomic mass is 10.1. The van der Waals surface area contributed by atoms with Crippen molar-refractivity contribution >= 4 is 39.5 Å². The molecule has 1 amide bonds. The molecular weight excluding hydrogens is 440 g/mol. The van der Waals surface area contributed by atoms with E-state index in [0.29, 0.717) is 11.4 Å². The first-order valence-electron chi connectivity index (χ1n) is 11.5. The maximum absolute atomic E-state index is 13.0. The van der Waals surface area contributed by atoms with Gasteiger partial charge in [-0.2, -0.15) is 0 Å². The molecule has 9 nitrogen and oxygen atoms in total. The predicted octanol–water partition coefficient (Wildman–Crippen LogP) is 3.57. The number of carbonyl (C=O) groups is 1. The second-order valence-electron chi connectivity index (χ2n) is 8.75. The number of likely N-dealkylation sites (N-methyl/N-ethyl adjacent to an activating group) is 1. The number of carbonyl (C=O) groups excluding carboxylic acids is 1. The fourth-order valence-electron chi connectivity index (χ4n) is 4.28. The van der Waals surface area contributed by atoms with E-state index >= 15 is 0 Å². The predicted molar refractivity (Wildman–Crippen MR) is 137 cm³/mol. The lowest BCUT2D eigenvalue weighted by molar-refractivity contribution is 0.102. The molecule has 174 valence electrons. The van der Waals surface area contributed by atoms with Gasteiger partial charge in [0.1, 0.15) is 17.3 Å². The molecule has 5 aromatic rings. The summed E-state index contributed by atoms with van der Waals surface area (Å²) in [5, 5.41) is 4.83. The van der Waals surface area contributed by atoms with Gasteiger partial charge in [0.2, 0.25) is 0 Å². The Morgan fingerprint density at radius 1 is 0.943 bits per heavy atom. The number of hydrogen-bond donors (Lipinski definition) is 2. The van der Waals surface area contributed by atoms with Crippen LogP contribution in [0.15, 0.2) is 67.3 Å². The number of nitrogens with one attached hydrogen (secondary N) is 2. The standard InChI is InChI=1S/C26H24N8O/c1-33-8-10-34(11-9-33)24-13-18(5-6-27-24)26(35)32-23-14-22-19(15-29-23)2-3-21(31-22)20-12-17-4-7-28-25(17)30-16-20/h2-7,12-16H,8-11H2,1H3,(H,28,30)(H,29,32,35).